The number of amides is 1. The number of unbranched alkanes of at least 4 members (excludes halogenated alkanes) is 1. The van der Waals surface area contributed by atoms with Crippen molar-refractivity contribution in [2.24, 2.45) is 5.73 Å². The number of benzene rings is 1. The Balaban J connectivity index is 2.28. The van der Waals surface area contributed by atoms with E-state index in [1.807, 2.05) is 47.0 Å². The van der Waals surface area contributed by atoms with Gasteiger partial charge in [0.2, 0.25) is 5.91 Å². The van der Waals surface area contributed by atoms with Crippen molar-refractivity contribution in [3.8, 4) is 0 Å². The van der Waals surface area contributed by atoms with E-state index in [0.29, 0.717) is 12.1 Å². The minimum absolute atomic E-state index is 0.387. The van der Waals surface area contributed by atoms with Gasteiger partial charge in [0.05, 0.1) is 6.33 Å². The average Bonchev–Trinajstić information content (AvgIpc) is 3.01. The summed E-state index contributed by atoms with van der Waals surface area (Å²) in [5, 5.41) is 0. The molecule has 0 saturated heterocycles. The maximum absolute atomic E-state index is 12.6. The number of hydrogen-bond donors (Lipinski definition) is 1. The number of rotatable bonds is 6. The Labute approximate surface area is 135 Å². The zero-order valence-corrected chi connectivity index (χ0v) is 13.1. The molecular formula is C18H20N4O. The van der Waals surface area contributed by atoms with Gasteiger partial charge in [-0.3, -0.25) is 9.36 Å². The van der Waals surface area contributed by atoms with Crippen LogP contribution < -0.4 is 5.73 Å². The summed E-state index contributed by atoms with van der Waals surface area (Å²) in [4.78, 5) is 21.4. The van der Waals surface area contributed by atoms with Crippen LogP contribution in [-0.2, 0) is 10.3 Å². The molecule has 5 nitrogen and oxygen atoms in total. The molecule has 0 saturated carbocycles. The van der Waals surface area contributed by atoms with E-state index in [9.17, 15) is 4.79 Å². The third-order valence-corrected chi connectivity index (χ3v) is 4.27. The predicted octanol–water partition coefficient (Wildman–Crippen LogP) is 2.85. The predicted molar refractivity (Wildman–Crippen MR) is 89.8 cm³/mol. The zero-order chi connectivity index (χ0) is 16.3. The molecule has 0 radical (unpaired) electrons. The zero-order valence-electron chi connectivity index (χ0n) is 13.1. The second kappa shape index (κ2) is 6.20. The molecule has 2 aromatic heterocycles. The fourth-order valence-corrected chi connectivity index (χ4v) is 3.06. The minimum atomic E-state index is -0.972. The van der Waals surface area contributed by atoms with Gasteiger partial charge in [0.25, 0.3) is 0 Å². The third-order valence-electron chi connectivity index (χ3n) is 4.27. The van der Waals surface area contributed by atoms with Crippen molar-refractivity contribution in [3.63, 3.8) is 0 Å². The maximum atomic E-state index is 12.6. The molecule has 3 aromatic rings. The number of carbonyl (C=O) groups excluding carboxylic acids is 1. The second-order valence-electron chi connectivity index (χ2n) is 5.65. The molecule has 1 aromatic carbocycles. The van der Waals surface area contributed by atoms with Crippen molar-refractivity contribution in [1.29, 1.82) is 0 Å². The molecule has 0 fully saturated rings. The van der Waals surface area contributed by atoms with Gasteiger partial charge in [-0.2, -0.15) is 0 Å². The summed E-state index contributed by atoms with van der Waals surface area (Å²) in [5.74, 6) is -0.387. The van der Waals surface area contributed by atoms with Gasteiger partial charge in [-0.15, -0.1) is 0 Å². The molecule has 1 amide bonds. The minimum Gasteiger partial charge on any atom is -0.367 e. The number of carbonyl (C=O) groups is 1. The number of primary amides is 1. The highest BCUT2D eigenvalue weighted by Gasteiger charge is 2.41. The number of aromatic nitrogens is 3. The van der Waals surface area contributed by atoms with E-state index in [1.54, 1.807) is 12.5 Å². The molecule has 5 heteroatoms. The first-order valence-electron chi connectivity index (χ1n) is 7.84. The van der Waals surface area contributed by atoms with Crippen LogP contribution >= 0.6 is 0 Å². The molecule has 0 bridgehead atoms. The Kier molecular flexibility index (Phi) is 4.10. The van der Waals surface area contributed by atoms with Gasteiger partial charge in [0, 0.05) is 6.20 Å². The Hall–Kier alpha value is -2.69. The van der Waals surface area contributed by atoms with Gasteiger partial charge in [0.1, 0.15) is 5.52 Å². The fourth-order valence-electron chi connectivity index (χ4n) is 3.06. The van der Waals surface area contributed by atoms with Gasteiger partial charge in [0.15, 0.2) is 11.2 Å². The monoisotopic (exact) mass is 308 g/mol. The Morgan fingerprint density at radius 3 is 2.65 bits per heavy atom. The smallest absolute Gasteiger partial charge is 0.248 e. The van der Waals surface area contributed by atoms with E-state index < -0.39 is 5.54 Å². The highest BCUT2D eigenvalue weighted by atomic mass is 16.1. The lowest BCUT2D eigenvalue weighted by molar-refractivity contribution is -0.125. The van der Waals surface area contributed by atoms with Crippen molar-refractivity contribution >= 4 is 17.1 Å². The lowest BCUT2D eigenvalue weighted by Crippen LogP contribution is -2.47. The summed E-state index contributed by atoms with van der Waals surface area (Å²) in [7, 11) is 0. The van der Waals surface area contributed by atoms with Crippen LogP contribution in [0.2, 0.25) is 0 Å². The van der Waals surface area contributed by atoms with E-state index in [-0.39, 0.29) is 5.91 Å². The van der Waals surface area contributed by atoms with Crippen molar-refractivity contribution < 1.29 is 4.79 Å². The van der Waals surface area contributed by atoms with Crippen LogP contribution in [-0.4, -0.2) is 20.4 Å². The third kappa shape index (κ3) is 2.48. The fraction of sp³-hybridized carbons (Fsp3) is 0.278. The first-order chi connectivity index (χ1) is 11.2. The van der Waals surface area contributed by atoms with E-state index >= 15 is 0 Å². The summed E-state index contributed by atoms with van der Waals surface area (Å²) in [6.07, 6.45) is 5.85. The molecule has 1 atom stereocenters. The van der Waals surface area contributed by atoms with Gasteiger partial charge in [-0.05, 0) is 24.1 Å². The quantitative estimate of drug-likeness (QED) is 0.761. The highest BCUT2D eigenvalue weighted by molar-refractivity contribution is 5.88. The van der Waals surface area contributed by atoms with E-state index in [0.717, 1.165) is 23.9 Å². The number of fused-ring (bicyclic) bond motifs is 1. The van der Waals surface area contributed by atoms with Crippen LogP contribution in [0.15, 0.2) is 55.0 Å². The first kappa shape index (κ1) is 15.2. The SMILES string of the molecule is CCCCC(C(N)=O)(c1ccccc1)n1cnc2cccnc21. The molecule has 2 N–H and O–H groups in total. The first-order valence-corrected chi connectivity index (χ1v) is 7.84. The number of pyridine rings is 1. The van der Waals surface area contributed by atoms with Gasteiger partial charge < -0.3 is 5.73 Å². The highest BCUT2D eigenvalue weighted by Crippen LogP contribution is 2.34. The van der Waals surface area contributed by atoms with Gasteiger partial charge >= 0.3 is 0 Å². The maximum Gasteiger partial charge on any atom is 0.248 e. The summed E-state index contributed by atoms with van der Waals surface area (Å²) < 4.78 is 1.83. The Morgan fingerprint density at radius 2 is 1.96 bits per heavy atom. The number of imidazole rings is 1. The summed E-state index contributed by atoms with van der Waals surface area (Å²) in [6, 6.07) is 13.4. The van der Waals surface area contributed by atoms with E-state index in [4.69, 9.17) is 5.73 Å². The molecule has 0 aliphatic rings. The van der Waals surface area contributed by atoms with Crippen LogP contribution in [0, 0.1) is 0 Å². The Bertz CT molecular complexity index is 812. The lowest BCUT2D eigenvalue weighted by atomic mass is 9.83. The molecule has 0 aliphatic heterocycles. The molecule has 3 rings (SSSR count). The molecule has 23 heavy (non-hydrogen) atoms. The number of hydrogen-bond acceptors (Lipinski definition) is 3. The molecule has 0 aliphatic carbocycles. The molecule has 2 heterocycles. The molecule has 118 valence electrons. The van der Waals surface area contributed by atoms with E-state index in [2.05, 4.69) is 16.9 Å². The Morgan fingerprint density at radius 1 is 1.17 bits per heavy atom. The van der Waals surface area contributed by atoms with Crippen LogP contribution in [0.3, 0.4) is 0 Å². The van der Waals surface area contributed by atoms with Crippen LogP contribution in [0.1, 0.15) is 31.7 Å². The number of nitrogens with two attached hydrogens (primary N) is 1. The van der Waals surface area contributed by atoms with Gasteiger partial charge in [-0.25, -0.2) is 9.97 Å². The number of nitrogens with zero attached hydrogens (tertiary/aromatic N) is 3. The van der Waals surface area contributed by atoms with Crippen molar-refractivity contribution in [2.75, 3.05) is 0 Å². The van der Waals surface area contributed by atoms with E-state index in [1.165, 1.54) is 0 Å². The van der Waals surface area contributed by atoms with Crippen molar-refractivity contribution in [1.82, 2.24) is 14.5 Å². The average molecular weight is 308 g/mol. The van der Waals surface area contributed by atoms with Crippen LogP contribution in [0.5, 0.6) is 0 Å². The van der Waals surface area contributed by atoms with Crippen LogP contribution in [0.4, 0.5) is 0 Å². The lowest BCUT2D eigenvalue weighted by Gasteiger charge is -2.33. The molecular weight excluding hydrogens is 288 g/mol. The van der Waals surface area contributed by atoms with Crippen LogP contribution in [0.25, 0.3) is 11.2 Å². The van der Waals surface area contributed by atoms with Crippen molar-refractivity contribution in [2.45, 2.75) is 31.7 Å². The van der Waals surface area contributed by atoms with Gasteiger partial charge in [-0.1, -0.05) is 50.1 Å². The van der Waals surface area contributed by atoms with Crippen molar-refractivity contribution in [3.05, 3.63) is 60.6 Å². The largest absolute Gasteiger partial charge is 0.367 e. The normalized spacial score (nSPS) is 13.8. The topological polar surface area (TPSA) is 73.8 Å². The molecule has 1 unspecified atom stereocenters. The summed E-state index contributed by atoms with van der Waals surface area (Å²) in [5.41, 5.74) is 7.23. The molecule has 0 spiro atoms. The summed E-state index contributed by atoms with van der Waals surface area (Å²) in [6.45, 7) is 2.10. The summed E-state index contributed by atoms with van der Waals surface area (Å²) >= 11 is 0. The standard InChI is InChI=1S/C18H20N4O/c1-2-3-11-18(17(19)23,14-8-5-4-6-9-14)22-13-21-15-10-7-12-20-16(15)22/h4-10,12-13H,2-3,11H2,1H3,(H2,19,23). The second-order valence-corrected chi connectivity index (χ2v) is 5.65.